The van der Waals surface area contributed by atoms with Gasteiger partial charge in [0.05, 0.1) is 19.7 Å². The smallest absolute Gasteiger partial charge is 0.254 e. The summed E-state index contributed by atoms with van der Waals surface area (Å²) < 4.78 is 10.6. The van der Waals surface area contributed by atoms with E-state index in [-0.39, 0.29) is 5.91 Å². The van der Waals surface area contributed by atoms with Crippen molar-refractivity contribution in [2.24, 2.45) is 0 Å². The van der Waals surface area contributed by atoms with Crippen molar-refractivity contribution in [1.82, 2.24) is 9.88 Å². The van der Waals surface area contributed by atoms with E-state index in [1.54, 1.807) is 32.4 Å². The SMILES string of the molecule is COc1ccc(C(=O)N2CCN(c3cc(C#N)nc4ccccc34)CC2)cc1OC. The van der Waals surface area contributed by atoms with Crippen LogP contribution >= 0.6 is 0 Å². The fourth-order valence-electron chi connectivity index (χ4n) is 3.78. The number of ether oxygens (including phenoxy) is 2. The predicted octanol–water partition coefficient (Wildman–Crippen LogP) is 3.09. The number of hydrogen-bond donors (Lipinski definition) is 0. The Hall–Kier alpha value is -3.79. The minimum absolute atomic E-state index is 0.0343. The Balaban J connectivity index is 1.53. The molecule has 1 aliphatic rings. The third-order valence-electron chi connectivity index (χ3n) is 5.35. The lowest BCUT2D eigenvalue weighted by Crippen LogP contribution is -2.48. The number of amides is 1. The van der Waals surface area contributed by atoms with Crippen LogP contribution in [0.2, 0.25) is 0 Å². The quantitative estimate of drug-likeness (QED) is 0.667. The van der Waals surface area contributed by atoms with Crippen molar-refractivity contribution in [3.63, 3.8) is 0 Å². The Kier molecular flexibility index (Phi) is 5.40. The number of pyridine rings is 1. The number of carbonyl (C=O) groups is 1. The number of piperazine rings is 1. The van der Waals surface area contributed by atoms with E-state index < -0.39 is 0 Å². The summed E-state index contributed by atoms with van der Waals surface area (Å²) in [5.74, 6) is 1.10. The van der Waals surface area contributed by atoms with Crippen molar-refractivity contribution < 1.29 is 14.3 Å². The Morgan fingerprint density at radius 3 is 2.43 bits per heavy atom. The maximum absolute atomic E-state index is 13.0. The fourth-order valence-corrected chi connectivity index (χ4v) is 3.78. The van der Waals surface area contributed by atoms with E-state index in [2.05, 4.69) is 16.0 Å². The van der Waals surface area contributed by atoms with Crippen LogP contribution < -0.4 is 14.4 Å². The molecule has 0 aliphatic carbocycles. The normalized spacial score (nSPS) is 13.8. The molecule has 1 aromatic heterocycles. The molecule has 2 aromatic carbocycles. The van der Waals surface area contributed by atoms with Gasteiger partial charge < -0.3 is 19.3 Å². The molecule has 0 atom stereocenters. The second kappa shape index (κ2) is 8.29. The highest BCUT2D eigenvalue weighted by Gasteiger charge is 2.24. The summed E-state index contributed by atoms with van der Waals surface area (Å²) in [5, 5.41) is 10.3. The fraction of sp³-hybridized carbons (Fsp3) is 0.261. The highest BCUT2D eigenvalue weighted by atomic mass is 16.5. The summed E-state index contributed by atoms with van der Waals surface area (Å²) in [5.41, 5.74) is 2.75. The van der Waals surface area contributed by atoms with Crippen molar-refractivity contribution in [2.75, 3.05) is 45.3 Å². The van der Waals surface area contributed by atoms with Crippen LogP contribution in [-0.2, 0) is 0 Å². The maximum atomic E-state index is 13.0. The van der Waals surface area contributed by atoms with E-state index in [9.17, 15) is 10.1 Å². The lowest BCUT2D eigenvalue weighted by molar-refractivity contribution is 0.0746. The molecule has 152 valence electrons. The molecule has 30 heavy (non-hydrogen) atoms. The van der Waals surface area contributed by atoms with Gasteiger partial charge in [0.25, 0.3) is 5.91 Å². The first-order valence-corrected chi connectivity index (χ1v) is 9.70. The number of aromatic nitrogens is 1. The molecule has 0 unspecified atom stereocenters. The molecule has 0 bridgehead atoms. The second-order valence-electron chi connectivity index (χ2n) is 7.00. The summed E-state index contributed by atoms with van der Waals surface area (Å²) in [4.78, 5) is 21.4. The number of hydrogen-bond acceptors (Lipinski definition) is 6. The topological polar surface area (TPSA) is 78.7 Å². The van der Waals surface area contributed by atoms with Gasteiger partial charge >= 0.3 is 0 Å². The first-order valence-electron chi connectivity index (χ1n) is 9.70. The van der Waals surface area contributed by atoms with E-state index in [0.717, 1.165) is 16.6 Å². The first kappa shape index (κ1) is 19.5. The van der Waals surface area contributed by atoms with Crippen LogP contribution in [0, 0.1) is 11.3 Å². The molecule has 4 rings (SSSR count). The standard InChI is InChI=1S/C23H22N4O3/c1-29-21-8-7-16(13-22(21)30-2)23(28)27-11-9-26(10-12-27)20-14-17(15-24)25-19-6-4-3-5-18(19)20/h3-8,13-14H,9-12H2,1-2H3. The number of nitrogens with zero attached hydrogens (tertiary/aromatic N) is 4. The molecule has 0 saturated carbocycles. The number of nitriles is 1. The van der Waals surface area contributed by atoms with E-state index in [4.69, 9.17) is 9.47 Å². The molecule has 1 saturated heterocycles. The van der Waals surface area contributed by atoms with Crippen LogP contribution in [0.1, 0.15) is 16.1 Å². The number of benzene rings is 2. The first-order chi connectivity index (χ1) is 14.6. The van der Waals surface area contributed by atoms with Gasteiger partial charge in [0.2, 0.25) is 0 Å². The summed E-state index contributed by atoms with van der Waals surface area (Å²) in [7, 11) is 3.12. The minimum Gasteiger partial charge on any atom is -0.493 e. The average Bonchev–Trinajstić information content (AvgIpc) is 2.82. The molecular formula is C23H22N4O3. The molecule has 2 heterocycles. The van der Waals surface area contributed by atoms with Crippen LogP contribution in [0.15, 0.2) is 48.5 Å². The molecule has 7 nitrogen and oxygen atoms in total. The number of rotatable bonds is 4. The summed E-state index contributed by atoms with van der Waals surface area (Å²) >= 11 is 0. The van der Waals surface area contributed by atoms with Crippen molar-refractivity contribution in [1.29, 1.82) is 5.26 Å². The second-order valence-corrected chi connectivity index (χ2v) is 7.00. The Morgan fingerprint density at radius 1 is 1.00 bits per heavy atom. The van der Waals surface area contributed by atoms with Crippen molar-refractivity contribution in [2.45, 2.75) is 0 Å². The molecule has 3 aromatic rings. The van der Waals surface area contributed by atoms with Gasteiger partial charge in [-0.1, -0.05) is 18.2 Å². The Morgan fingerprint density at radius 2 is 1.73 bits per heavy atom. The highest BCUT2D eigenvalue weighted by Crippen LogP contribution is 2.30. The summed E-state index contributed by atoms with van der Waals surface area (Å²) in [6, 6.07) is 17.0. The molecule has 0 N–H and O–H groups in total. The van der Waals surface area contributed by atoms with Crippen molar-refractivity contribution in [3.8, 4) is 17.6 Å². The number of carbonyl (C=O) groups excluding carboxylic acids is 1. The van der Waals surface area contributed by atoms with Crippen LogP contribution in [-0.4, -0.2) is 56.2 Å². The molecular weight excluding hydrogens is 380 g/mol. The highest BCUT2D eigenvalue weighted by molar-refractivity contribution is 5.95. The van der Waals surface area contributed by atoms with E-state index in [1.165, 1.54) is 0 Å². The minimum atomic E-state index is -0.0343. The van der Waals surface area contributed by atoms with Gasteiger partial charge in [0, 0.05) is 42.8 Å². The Bertz CT molecular complexity index is 1130. The molecule has 0 spiro atoms. The zero-order valence-electron chi connectivity index (χ0n) is 17.0. The number of methoxy groups -OCH3 is 2. The predicted molar refractivity (Wildman–Crippen MR) is 114 cm³/mol. The van der Waals surface area contributed by atoms with Crippen molar-refractivity contribution in [3.05, 3.63) is 59.8 Å². The molecule has 1 amide bonds. The van der Waals surface area contributed by atoms with Crippen LogP contribution in [0.5, 0.6) is 11.5 Å². The summed E-state index contributed by atoms with van der Waals surface area (Å²) in [6.07, 6.45) is 0. The van der Waals surface area contributed by atoms with Gasteiger partial charge in [-0.05, 0) is 30.3 Å². The van der Waals surface area contributed by atoms with E-state index >= 15 is 0 Å². The Labute approximate surface area is 175 Å². The summed E-state index contributed by atoms with van der Waals surface area (Å²) in [6.45, 7) is 2.53. The number of anilines is 1. The third kappa shape index (κ3) is 3.60. The molecule has 0 radical (unpaired) electrons. The number of para-hydroxylation sites is 1. The van der Waals surface area contributed by atoms with E-state index in [0.29, 0.717) is 48.9 Å². The zero-order valence-corrected chi connectivity index (χ0v) is 17.0. The van der Waals surface area contributed by atoms with Gasteiger partial charge in [-0.2, -0.15) is 5.26 Å². The monoisotopic (exact) mass is 402 g/mol. The van der Waals surface area contributed by atoms with Crippen LogP contribution in [0.3, 0.4) is 0 Å². The average molecular weight is 402 g/mol. The van der Waals surface area contributed by atoms with Gasteiger partial charge in [0.1, 0.15) is 11.8 Å². The van der Waals surface area contributed by atoms with Gasteiger partial charge in [-0.3, -0.25) is 4.79 Å². The largest absolute Gasteiger partial charge is 0.493 e. The molecule has 1 aliphatic heterocycles. The van der Waals surface area contributed by atoms with Crippen LogP contribution in [0.25, 0.3) is 10.9 Å². The lowest BCUT2D eigenvalue weighted by atomic mass is 10.1. The molecule has 7 heteroatoms. The zero-order chi connectivity index (χ0) is 21.1. The maximum Gasteiger partial charge on any atom is 0.254 e. The van der Waals surface area contributed by atoms with Gasteiger partial charge in [-0.25, -0.2) is 4.98 Å². The lowest BCUT2D eigenvalue weighted by Gasteiger charge is -2.36. The number of fused-ring (bicyclic) bond motifs is 1. The van der Waals surface area contributed by atoms with Gasteiger partial charge in [0.15, 0.2) is 11.5 Å². The van der Waals surface area contributed by atoms with Crippen LogP contribution in [0.4, 0.5) is 5.69 Å². The van der Waals surface area contributed by atoms with Crippen molar-refractivity contribution >= 4 is 22.5 Å². The van der Waals surface area contributed by atoms with Gasteiger partial charge in [-0.15, -0.1) is 0 Å². The third-order valence-corrected chi connectivity index (χ3v) is 5.35. The molecule has 1 fully saturated rings. The van der Waals surface area contributed by atoms with E-state index in [1.807, 2.05) is 35.2 Å².